The zero-order valence-electron chi connectivity index (χ0n) is 12.1. The minimum Gasteiger partial charge on any atom is -0.336 e. The molecule has 4 heteroatoms. The Morgan fingerprint density at radius 2 is 2.40 bits per heavy atom. The zero-order chi connectivity index (χ0) is 14.2. The van der Waals surface area contributed by atoms with Crippen molar-refractivity contribution in [3.63, 3.8) is 0 Å². The van der Waals surface area contributed by atoms with Gasteiger partial charge in [0.15, 0.2) is 0 Å². The Morgan fingerprint density at radius 1 is 1.55 bits per heavy atom. The summed E-state index contributed by atoms with van der Waals surface area (Å²) in [6, 6.07) is 4.00. The van der Waals surface area contributed by atoms with Crippen molar-refractivity contribution in [2.45, 2.75) is 51.1 Å². The molecule has 0 radical (unpaired) electrons. The molecule has 2 atom stereocenters. The van der Waals surface area contributed by atoms with Gasteiger partial charge in [0.1, 0.15) is 0 Å². The predicted molar refractivity (Wildman–Crippen MR) is 77.9 cm³/mol. The smallest absolute Gasteiger partial charge is 0.242 e. The Morgan fingerprint density at radius 3 is 3.20 bits per heavy atom. The van der Waals surface area contributed by atoms with Gasteiger partial charge in [-0.05, 0) is 30.4 Å². The summed E-state index contributed by atoms with van der Waals surface area (Å²) in [5.41, 5.74) is 8.09. The Labute approximate surface area is 120 Å². The van der Waals surface area contributed by atoms with Crippen LogP contribution in [0.15, 0.2) is 18.3 Å². The second-order valence-corrected chi connectivity index (χ2v) is 6.44. The number of amides is 1. The SMILES string of the molecule is CC1CCCC(N)(C(=O)N2CCc3ncccc3C2)C1. The van der Waals surface area contributed by atoms with Gasteiger partial charge in [0.2, 0.25) is 5.91 Å². The average molecular weight is 273 g/mol. The standard InChI is InChI=1S/C16H23N3O/c1-12-4-2-7-16(17,10-12)15(20)19-9-6-14-13(11-19)5-3-8-18-14/h3,5,8,12H,2,4,6-7,9-11,17H2,1H3. The molecule has 1 aromatic heterocycles. The minimum absolute atomic E-state index is 0.138. The van der Waals surface area contributed by atoms with Crippen LogP contribution in [0.25, 0.3) is 0 Å². The van der Waals surface area contributed by atoms with E-state index in [0.29, 0.717) is 12.5 Å². The Hall–Kier alpha value is -1.42. The third kappa shape index (κ3) is 2.44. The van der Waals surface area contributed by atoms with Gasteiger partial charge in [0.25, 0.3) is 0 Å². The number of nitrogens with two attached hydrogens (primary N) is 1. The van der Waals surface area contributed by atoms with Gasteiger partial charge in [-0.3, -0.25) is 9.78 Å². The van der Waals surface area contributed by atoms with Crippen LogP contribution in [0.3, 0.4) is 0 Å². The highest BCUT2D eigenvalue weighted by Crippen LogP contribution is 2.32. The van der Waals surface area contributed by atoms with Crippen LogP contribution in [0.1, 0.15) is 43.9 Å². The maximum absolute atomic E-state index is 12.8. The topological polar surface area (TPSA) is 59.2 Å². The number of carbonyl (C=O) groups is 1. The molecule has 1 aliphatic carbocycles. The number of carbonyl (C=O) groups excluding carboxylic acids is 1. The number of nitrogens with zero attached hydrogens (tertiary/aromatic N) is 2. The van der Waals surface area contributed by atoms with Gasteiger partial charge < -0.3 is 10.6 Å². The lowest BCUT2D eigenvalue weighted by atomic mass is 9.76. The molecular formula is C16H23N3O. The molecule has 2 aliphatic rings. The first kappa shape index (κ1) is 13.6. The van der Waals surface area contributed by atoms with Gasteiger partial charge in [0, 0.05) is 31.4 Å². The van der Waals surface area contributed by atoms with Crippen molar-refractivity contribution in [1.82, 2.24) is 9.88 Å². The molecule has 3 rings (SSSR count). The van der Waals surface area contributed by atoms with E-state index in [1.54, 1.807) is 0 Å². The van der Waals surface area contributed by atoms with Crippen molar-refractivity contribution in [2.24, 2.45) is 11.7 Å². The summed E-state index contributed by atoms with van der Waals surface area (Å²) in [6.07, 6.45) is 6.57. The van der Waals surface area contributed by atoms with E-state index in [9.17, 15) is 4.79 Å². The molecule has 2 unspecified atom stereocenters. The Kier molecular flexibility index (Phi) is 3.50. The molecule has 0 spiro atoms. The van der Waals surface area contributed by atoms with E-state index < -0.39 is 5.54 Å². The Bertz CT molecular complexity index is 516. The van der Waals surface area contributed by atoms with Crippen molar-refractivity contribution in [1.29, 1.82) is 0 Å². The van der Waals surface area contributed by atoms with Gasteiger partial charge in [-0.1, -0.05) is 25.8 Å². The summed E-state index contributed by atoms with van der Waals surface area (Å²) in [6.45, 7) is 3.61. The fraction of sp³-hybridized carbons (Fsp3) is 0.625. The molecule has 0 saturated heterocycles. The lowest BCUT2D eigenvalue weighted by Gasteiger charge is -2.40. The zero-order valence-corrected chi connectivity index (χ0v) is 12.1. The molecule has 1 saturated carbocycles. The first-order valence-corrected chi connectivity index (χ1v) is 7.59. The van der Waals surface area contributed by atoms with Crippen molar-refractivity contribution >= 4 is 5.91 Å². The number of hydrogen-bond acceptors (Lipinski definition) is 3. The molecule has 1 fully saturated rings. The van der Waals surface area contributed by atoms with Gasteiger partial charge >= 0.3 is 0 Å². The first-order chi connectivity index (χ1) is 9.58. The number of aromatic nitrogens is 1. The van der Waals surface area contributed by atoms with Crippen LogP contribution in [0.4, 0.5) is 0 Å². The molecule has 2 N–H and O–H groups in total. The predicted octanol–water partition coefficient (Wildman–Crippen LogP) is 1.87. The molecule has 0 bridgehead atoms. The molecule has 0 aromatic carbocycles. The van der Waals surface area contributed by atoms with E-state index in [1.165, 1.54) is 12.0 Å². The van der Waals surface area contributed by atoms with Crippen molar-refractivity contribution in [3.8, 4) is 0 Å². The molecule has 4 nitrogen and oxygen atoms in total. The van der Waals surface area contributed by atoms with Crippen molar-refractivity contribution < 1.29 is 4.79 Å². The third-order valence-electron chi connectivity index (χ3n) is 4.71. The molecule has 2 heterocycles. The van der Waals surface area contributed by atoms with Crippen molar-refractivity contribution in [2.75, 3.05) is 6.54 Å². The van der Waals surface area contributed by atoms with Crippen molar-refractivity contribution in [3.05, 3.63) is 29.6 Å². The van der Waals surface area contributed by atoms with E-state index in [-0.39, 0.29) is 5.91 Å². The number of pyridine rings is 1. The summed E-state index contributed by atoms with van der Waals surface area (Å²) in [7, 11) is 0. The monoisotopic (exact) mass is 273 g/mol. The highest BCUT2D eigenvalue weighted by Gasteiger charge is 2.41. The summed E-state index contributed by atoms with van der Waals surface area (Å²) in [5, 5.41) is 0. The molecule has 108 valence electrons. The van der Waals surface area contributed by atoms with Gasteiger partial charge in [-0.25, -0.2) is 0 Å². The number of hydrogen-bond donors (Lipinski definition) is 1. The van der Waals surface area contributed by atoms with Crippen LogP contribution in [0.2, 0.25) is 0 Å². The van der Waals surface area contributed by atoms with Crippen LogP contribution in [-0.4, -0.2) is 27.9 Å². The van der Waals surface area contributed by atoms with E-state index in [2.05, 4.69) is 18.0 Å². The summed E-state index contributed by atoms with van der Waals surface area (Å²) in [5.74, 6) is 0.690. The Balaban J connectivity index is 1.75. The largest absolute Gasteiger partial charge is 0.336 e. The molecule has 20 heavy (non-hydrogen) atoms. The average Bonchev–Trinajstić information content (AvgIpc) is 2.45. The van der Waals surface area contributed by atoms with Crippen LogP contribution in [0.5, 0.6) is 0 Å². The first-order valence-electron chi connectivity index (χ1n) is 7.59. The quantitative estimate of drug-likeness (QED) is 0.850. The third-order valence-corrected chi connectivity index (χ3v) is 4.71. The van der Waals surface area contributed by atoms with E-state index >= 15 is 0 Å². The second-order valence-electron chi connectivity index (χ2n) is 6.44. The van der Waals surface area contributed by atoms with Crippen LogP contribution in [-0.2, 0) is 17.8 Å². The maximum atomic E-state index is 12.8. The van der Waals surface area contributed by atoms with E-state index in [0.717, 1.165) is 37.9 Å². The molecule has 1 amide bonds. The lowest BCUT2D eigenvalue weighted by Crippen LogP contribution is -2.58. The van der Waals surface area contributed by atoms with Crippen LogP contribution < -0.4 is 5.73 Å². The van der Waals surface area contributed by atoms with Gasteiger partial charge in [-0.15, -0.1) is 0 Å². The minimum atomic E-state index is -0.641. The van der Waals surface area contributed by atoms with Crippen LogP contribution in [0, 0.1) is 5.92 Å². The van der Waals surface area contributed by atoms with Gasteiger partial charge in [0.05, 0.1) is 5.54 Å². The highest BCUT2D eigenvalue weighted by atomic mass is 16.2. The highest BCUT2D eigenvalue weighted by molar-refractivity contribution is 5.86. The second kappa shape index (κ2) is 5.17. The number of fused-ring (bicyclic) bond motifs is 1. The van der Waals surface area contributed by atoms with Crippen LogP contribution >= 0.6 is 0 Å². The number of rotatable bonds is 1. The normalized spacial score (nSPS) is 29.9. The van der Waals surface area contributed by atoms with Gasteiger partial charge in [-0.2, -0.15) is 0 Å². The molecular weight excluding hydrogens is 250 g/mol. The molecule has 1 aromatic rings. The summed E-state index contributed by atoms with van der Waals surface area (Å²) < 4.78 is 0. The summed E-state index contributed by atoms with van der Waals surface area (Å²) in [4.78, 5) is 19.1. The fourth-order valence-corrected chi connectivity index (χ4v) is 3.64. The molecule has 1 aliphatic heterocycles. The van der Waals surface area contributed by atoms with E-state index in [1.807, 2.05) is 17.2 Å². The summed E-state index contributed by atoms with van der Waals surface area (Å²) >= 11 is 0. The lowest BCUT2D eigenvalue weighted by molar-refractivity contribution is -0.139. The maximum Gasteiger partial charge on any atom is 0.242 e. The van der Waals surface area contributed by atoms with E-state index in [4.69, 9.17) is 5.73 Å². The fourth-order valence-electron chi connectivity index (χ4n) is 3.64.